The van der Waals surface area contributed by atoms with Gasteiger partial charge in [0.2, 0.25) is 0 Å². The molecule has 1 aromatic carbocycles. The number of likely N-dealkylation sites (N-methyl/N-ethyl adjacent to an activating group) is 2. The van der Waals surface area contributed by atoms with Crippen molar-refractivity contribution in [2.75, 3.05) is 45.2 Å². The van der Waals surface area contributed by atoms with E-state index in [1.165, 1.54) is 5.69 Å². The van der Waals surface area contributed by atoms with E-state index < -0.39 is 0 Å². The van der Waals surface area contributed by atoms with Gasteiger partial charge in [0.15, 0.2) is 0 Å². The van der Waals surface area contributed by atoms with Crippen molar-refractivity contribution in [3.05, 3.63) is 28.7 Å². The summed E-state index contributed by atoms with van der Waals surface area (Å²) in [6.45, 7) is 6.74. The van der Waals surface area contributed by atoms with Gasteiger partial charge in [-0.25, -0.2) is 0 Å². The zero-order valence-electron chi connectivity index (χ0n) is 12.1. The molecule has 19 heavy (non-hydrogen) atoms. The van der Waals surface area contributed by atoms with Gasteiger partial charge in [0.05, 0.1) is 0 Å². The van der Waals surface area contributed by atoms with Crippen LogP contribution >= 0.6 is 15.9 Å². The molecule has 1 heterocycles. The highest BCUT2D eigenvalue weighted by Crippen LogP contribution is 2.23. The van der Waals surface area contributed by atoms with Crippen LogP contribution in [0.5, 0.6) is 0 Å². The van der Waals surface area contributed by atoms with Crippen LogP contribution in [0, 0.1) is 5.92 Å². The number of hydrogen-bond donors (Lipinski definition) is 1. The van der Waals surface area contributed by atoms with Gasteiger partial charge in [0, 0.05) is 42.4 Å². The molecule has 2 atom stereocenters. The predicted octanol–water partition coefficient (Wildman–Crippen LogP) is 2.42. The summed E-state index contributed by atoms with van der Waals surface area (Å²) in [6.07, 6.45) is 0. The fourth-order valence-corrected chi connectivity index (χ4v) is 3.27. The molecule has 1 aromatic rings. The number of anilines is 1. The number of nitrogens with one attached hydrogen (secondary N) is 1. The van der Waals surface area contributed by atoms with Gasteiger partial charge in [0.1, 0.15) is 0 Å². The van der Waals surface area contributed by atoms with Gasteiger partial charge in [-0.2, -0.15) is 0 Å². The second-order valence-corrected chi connectivity index (χ2v) is 6.56. The predicted molar refractivity (Wildman–Crippen MR) is 85.9 cm³/mol. The maximum absolute atomic E-state index is 3.57. The van der Waals surface area contributed by atoms with Crippen LogP contribution in [-0.2, 0) is 0 Å². The Bertz CT molecular complexity index is 410. The molecule has 0 spiro atoms. The van der Waals surface area contributed by atoms with Crippen molar-refractivity contribution in [1.29, 1.82) is 0 Å². The summed E-state index contributed by atoms with van der Waals surface area (Å²) in [5, 5.41) is 3.32. The minimum atomic E-state index is 0.564. The highest BCUT2D eigenvalue weighted by Gasteiger charge is 2.25. The Morgan fingerprint density at radius 1 is 1.32 bits per heavy atom. The van der Waals surface area contributed by atoms with Crippen molar-refractivity contribution >= 4 is 21.6 Å². The minimum absolute atomic E-state index is 0.564. The summed E-state index contributed by atoms with van der Waals surface area (Å²) in [5.41, 5.74) is 1.32. The van der Waals surface area contributed by atoms with Crippen molar-refractivity contribution in [2.45, 2.75) is 13.0 Å². The maximum Gasteiger partial charge on any atom is 0.0392 e. The van der Waals surface area contributed by atoms with Crippen LogP contribution < -0.4 is 10.2 Å². The molecule has 3 nitrogen and oxygen atoms in total. The highest BCUT2D eigenvalue weighted by atomic mass is 79.9. The van der Waals surface area contributed by atoms with Crippen LogP contribution in [0.4, 0.5) is 5.69 Å². The third-order valence-electron chi connectivity index (χ3n) is 3.80. The Balaban J connectivity index is 2.18. The third-order valence-corrected chi connectivity index (χ3v) is 4.29. The van der Waals surface area contributed by atoms with Gasteiger partial charge >= 0.3 is 0 Å². The van der Waals surface area contributed by atoms with Gasteiger partial charge in [-0.3, -0.25) is 0 Å². The molecule has 1 aliphatic rings. The second kappa shape index (κ2) is 6.73. The van der Waals surface area contributed by atoms with Crippen molar-refractivity contribution in [3.63, 3.8) is 0 Å². The lowest BCUT2D eigenvalue weighted by atomic mass is 10.1. The molecule has 2 rings (SSSR count). The summed E-state index contributed by atoms with van der Waals surface area (Å²) in [5.74, 6) is 0.686. The Morgan fingerprint density at radius 2 is 2.11 bits per heavy atom. The molecule has 0 bridgehead atoms. The van der Waals surface area contributed by atoms with Crippen molar-refractivity contribution in [3.8, 4) is 0 Å². The van der Waals surface area contributed by atoms with Gasteiger partial charge in [-0.1, -0.05) is 28.9 Å². The molecule has 0 aliphatic carbocycles. The van der Waals surface area contributed by atoms with Crippen LogP contribution in [0.2, 0.25) is 0 Å². The number of rotatable bonds is 3. The molecular formula is C15H24BrN3. The van der Waals surface area contributed by atoms with Crippen LogP contribution in [0.3, 0.4) is 0 Å². The largest absolute Gasteiger partial charge is 0.370 e. The van der Waals surface area contributed by atoms with Gasteiger partial charge < -0.3 is 15.1 Å². The van der Waals surface area contributed by atoms with E-state index in [9.17, 15) is 0 Å². The molecule has 1 saturated heterocycles. The van der Waals surface area contributed by atoms with Crippen LogP contribution in [-0.4, -0.2) is 51.2 Å². The molecule has 106 valence electrons. The Kier molecular flexibility index (Phi) is 5.25. The van der Waals surface area contributed by atoms with E-state index in [0.29, 0.717) is 12.0 Å². The normalized spacial score (nSPS) is 25.4. The van der Waals surface area contributed by atoms with Gasteiger partial charge in [0.25, 0.3) is 0 Å². The Morgan fingerprint density at radius 3 is 2.79 bits per heavy atom. The van der Waals surface area contributed by atoms with Crippen LogP contribution in [0.1, 0.15) is 6.92 Å². The summed E-state index contributed by atoms with van der Waals surface area (Å²) in [6, 6.07) is 9.19. The number of halogens is 1. The lowest BCUT2D eigenvalue weighted by Crippen LogP contribution is -2.44. The zero-order chi connectivity index (χ0) is 13.8. The standard InChI is InChI=1S/C15H24BrN3/c1-12-9-18(3)15(8-17-2)11-19(10-12)14-6-4-5-13(16)7-14/h4-7,12,15,17H,8-11H2,1-3H3. The maximum atomic E-state index is 3.57. The van der Waals surface area contributed by atoms with E-state index in [4.69, 9.17) is 0 Å². The first kappa shape index (κ1) is 14.8. The average Bonchev–Trinajstić information content (AvgIpc) is 2.49. The molecule has 0 aromatic heterocycles. The molecular weight excluding hydrogens is 302 g/mol. The number of benzene rings is 1. The highest BCUT2D eigenvalue weighted by molar-refractivity contribution is 9.10. The van der Waals surface area contributed by atoms with Gasteiger partial charge in [-0.05, 0) is 38.2 Å². The topological polar surface area (TPSA) is 18.5 Å². The van der Waals surface area contributed by atoms with Crippen molar-refractivity contribution in [1.82, 2.24) is 10.2 Å². The second-order valence-electron chi connectivity index (χ2n) is 5.64. The van der Waals surface area contributed by atoms with E-state index >= 15 is 0 Å². The lowest BCUT2D eigenvalue weighted by Gasteiger charge is -2.30. The van der Waals surface area contributed by atoms with E-state index in [-0.39, 0.29) is 0 Å². The molecule has 0 saturated carbocycles. The van der Waals surface area contributed by atoms with E-state index in [2.05, 4.69) is 69.3 Å². The van der Waals surface area contributed by atoms with E-state index in [0.717, 1.165) is 30.7 Å². The fourth-order valence-electron chi connectivity index (χ4n) is 2.88. The summed E-state index contributed by atoms with van der Waals surface area (Å²) >= 11 is 3.57. The first-order valence-electron chi connectivity index (χ1n) is 6.95. The molecule has 1 N–H and O–H groups in total. The smallest absolute Gasteiger partial charge is 0.0392 e. The van der Waals surface area contributed by atoms with Crippen LogP contribution in [0.15, 0.2) is 28.7 Å². The molecule has 0 amide bonds. The van der Waals surface area contributed by atoms with Gasteiger partial charge in [-0.15, -0.1) is 0 Å². The van der Waals surface area contributed by atoms with E-state index in [1.807, 2.05) is 7.05 Å². The summed E-state index contributed by atoms with van der Waals surface area (Å²) in [4.78, 5) is 5.00. The lowest BCUT2D eigenvalue weighted by molar-refractivity contribution is 0.236. The molecule has 0 radical (unpaired) electrons. The monoisotopic (exact) mass is 325 g/mol. The third kappa shape index (κ3) is 3.94. The van der Waals surface area contributed by atoms with Crippen LogP contribution in [0.25, 0.3) is 0 Å². The Hall–Kier alpha value is -0.580. The molecule has 1 aliphatic heterocycles. The molecule has 2 unspecified atom stereocenters. The number of hydrogen-bond acceptors (Lipinski definition) is 3. The van der Waals surface area contributed by atoms with Crippen molar-refractivity contribution in [2.24, 2.45) is 5.92 Å². The fraction of sp³-hybridized carbons (Fsp3) is 0.600. The molecule has 1 fully saturated rings. The first-order valence-corrected chi connectivity index (χ1v) is 7.74. The first-order chi connectivity index (χ1) is 9.10. The molecule has 4 heteroatoms. The summed E-state index contributed by atoms with van der Waals surface area (Å²) < 4.78 is 1.15. The van der Waals surface area contributed by atoms with Crippen molar-refractivity contribution < 1.29 is 0 Å². The summed E-state index contributed by atoms with van der Waals surface area (Å²) in [7, 11) is 4.27. The average molecular weight is 326 g/mol. The van der Waals surface area contributed by atoms with E-state index in [1.54, 1.807) is 0 Å². The Labute approximate surface area is 125 Å². The minimum Gasteiger partial charge on any atom is -0.370 e. The zero-order valence-corrected chi connectivity index (χ0v) is 13.7. The SMILES string of the molecule is CNCC1CN(c2cccc(Br)c2)CC(C)CN1C. The number of nitrogens with zero attached hydrogens (tertiary/aromatic N) is 2. The quantitative estimate of drug-likeness (QED) is 0.920.